The standard InChI is InChI=1S/C9H21N3O/c1-5-10-6-9(13)11-8(2)7-12(3)4/h8,10H,5-7H2,1-4H3,(H,11,13). The fraction of sp³-hybridized carbons (Fsp3) is 0.889. The van der Waals surface area contributed by atoms with E-state index < -0.39 is 0 Å². The van der Waals surface area contributed by atoms with Crippen molar-refractivity contribution in [2.75, 3.05) is 33.7 Å². The molecule has 0 spiro atoms. The van der Waals surface area contributed by atoms with Gasteiger partial charge in [-0.25, -0.2) is 0 Å². The molecule has 0 aliphatic rings. The molecule has 0 radical (unpaired) electrons. The summed E-state index contributed by atoms with van der Waals surface area (Å²) in [5, 5.41) is 5.88. The Bertz CT molecular complexity index is 148. The van der Waals surface area contributed by atoms with Crippen molar-refractivity contribution in [2.24, 2.45) is 0 Å². The van der Waals surface area contributed by atoms with Crippen LogP contribution in [0.4, 0.5) is 0 Å². The van der Waals surface area contributed by atoms with Gasteiger partial charge in [0.25, 0.3) is 0 Å². The first-order chi connectivity index (χ1) is 6.06. The van der Waals surface area contributed by atoms with Gasteiger partial charge in [0, 0.05) is 12.6 Å². The highest BCUT2D eigenvalue weighted by atomic mass is 16.1. The molecule has 0 fully saturated rings. The molecule has 0 rings (SSSR count). The van der Waals surface area contributed by atoms with Gasteiger partial charge in [-0.2, -0.15) is 0 Å². The molecule has 0 aliphatic heterocycles. The smallest absolute Gasteiger partial charge is 0.234 e. The van der Waals surface area contributed by atoms with Crippen molar-refractivity contribution < 1.29 is 4.79 Å². The van der Waals surface area contributed by atoms with Crippen molar-refractivity contribution >= 4 is 5.91 Å². The van der Waals surface area contributed by atoms with Crippen LogP contribution in [0.2, 0.25) is 0 Å². The van der Waals surface area contributed by atoms with Gasteiger partial charge in [-0.3, -0.25) is 4.79 Å². The number of nitrogens with one attached hydrogen (secondary N) is 2. The average Bonchev–Trinajstić information content (AvgIpc) is 1.98. The molecule has 13 heavy (non-hydrogen) atoms. The minimum Gasteiger partial charge on any atom is -0.351 e. The monoisotopic (exact) mass is 187 g/mol. The van der Waals surface area contributed by atoms with Gasteiger partial charge in [0.15, 0.2) is 0 Å². The predicted molar refractivity (Wildman–Crippen MR) is 54.7 cm³/mol. The van der Waals surface area contributed by atoms with E-state index in [1.54, 1.807) is 0 Å². The lowest BCUT2D eigenvalue weighted by molar-refractivity contribution is -0.120. The highest BCUT2D eigenvalue weighted by molar-refractivity contribution is 5.78. The summed E-state index contributed by atoms with van der Waals surface area (Å²) in [5.41, 5.74) is 0. The van der Waals surface area contributed by atoms with E-state index in [0.29, 0.717) is 6.54 Å². The normalized spacial score (nSPS) is 13.0. The zero-order chi connectivity index (χ0) is 10.3. The second kappa shape index (κ2) is 6.86. The third kappa shape index (κ3) is 7.74. The number of amides is 1. The first kappa shape index (κ1) is 12.4. The highest BCUT2D eigenvalue weighted by Gasteiger charge is 2.06. The van der Waals surface area contributed by atoms with Crippen molar-refractivity contribution in [3.05, 3.63) is 0 Å². The lowest BCUT2D eigenvalue weighted by Crippen LogP contribution is -2.43. The van der Waals surface area contributed by atoms with Gasteiger partial charge in [-0.15, -0.1) is 0 Å². The van der Waals surface area contributed by atoms with Crippen LogP contribution in [0.1, 0.15) is 13.8 Å². The van der Waals surface area contributed by atoms with Gasteiger partial charge in [0.2, 0.25) is 5.91 Å². The molecular weight excluding hydrogens is 166 g/mol. The van der Waals surface area contributed by atoms with Gasteiger partial charge in [0.1, 0.15) is 0 Å². The summed E-state index contributed by atoms with van der Waals surface area (Å²) >= 11 is 0. The fourth-order valence-electron chi connectivity index (χ4n) is 1.16. The van der Waals surface area contributed by atoms with E-state index in [2.05, 4.69) is 15.5 Å². The van der Waals surface area contributed by atoms with Crippen LogP contribution in [-0.2, 0) is 4.79 Å². The molecule has 0 aliphatic carbocycles. The van der Waals surface area contributed by atoms with E-state index in [4.69, 9.17) is 0 Å². The van der Waals surface area contributed by atoms with E-state index in [1.807, 2.05) is 27.9 Å². The molecule has 2 N–H and O–H groups in total. The summed E-state index contributed by atoms with van der Waals surface area (Å²) in [6, 6.07) is 0.209. The Morgan fingerprint density at radius 2 is 2.08 bits per heavy atom. The van der Waals surface area contributed by atoms with Crippen LogP contribution < -0.4 is 10.6 Å². The Kier molecular flexibility index (Phi) is 6.54. The van der Waals surface area contributed by atoms with Crippen LogP contribution >= 0.6 is 0 Å². The van der Waals surface area contributed by atoms with E-state index in [0.717, 1.165) is 13.1 Å². The Morgan fingerprint density at radius 1 is 1.46 bits per heavy atom. The molecule has 4 heteroatoms. The van der Waals surface area contributed by atoms with Crippen LogP contribution in [-0.4, -0.2) is 50.6 Å². The van der Waals surface area contributed by atoms with E-state index in [1.165, 1.54) is 0 Å². The number of carbonyl (C=O) groups excluding carboxylic acids is 1. The van der Waals surface area contributed by atoms with Gasteiger partial charge >= 0.3 is 0 Å². The van der Waals surface area contributed by atoms with Crippen molar-refractivity contribution in [3.8, 4) is 0 Å². The number of rotatable bonds is 6. The molecule has 0 aromatic carbocycles. The molecule has 1 unspecified atom stereocenters. The van der Waals surface area contributed by atoms with Crippen LogP contribution in [0, 0.1) is 0 Å². The van der Waals surface area contributed by atoms with Crippen LogP contribution in [0.5, 0.6) is 0 Å². The topological polar surface area (TPSA) is 44.4 Å². The van der Waals surface area contributed by atoms with E-state index in [-0.39, 0.29) is 11.9 Å². The average molecular weight is 187 g/mol. The number of nitrogens with zero attached hydrogens (tertiary/aromatic N) is 1. The second-order valence-electron chi connectivity index (χ2n) is 3.51. The number of hydrogen-bond donors (Lipinski definition) is 2. The maximum Gasteiger partial charge on any atom is 0.234 e. The zero-order valence-corrected chi connectivity index (χ0v) is 9.05. The molecule has 1 atom stereocenters. The van der Waals surface area contributed by atoms with Gasteiger partial charge in [-0.05, 0) is 27.6 Å². The van der Waals surface area contributed by atoms with Crippen LogP contribution in [0.15, 0.2) is 0 Å². The van der Waals surface area contributed by atoms with Gasteiger partial charge in [0.05, 0.1) is 6.54 Å². The molecule has 0 aromatic heterocycles. The number of carbonyl (C=O) groups is 1. The Hall–Kier alpha value is -0.610. The van der Waals surface area contributed by atoms with E-state index in [9.17, 15) is 4.79 Å². The first-order valence-electron chi connectivity index (χ1n) is 4.71. The third-order valence-corrected chi connectivity index (χ3v) is 1.58. The SMILES string of the molecule is CCNCC(=O)NC(C)CN(C)C. The summed E-state index contributed by atoms with van der Waals surface area (Å²) in [6.45, 7) is 6.10. The van der Waals surface area contributed by atoms with Gasteiger partial charge in [-0.1, -0.05) is 6.92 Å². The minimum atomic E-state index is 0.0659. The summed E-state index contributed by atoms with van der Waals surface area (Å²) in [5.74, 6) is 0.0659. The maximum atomic E-state index is 11.2. The molecule has 0 bridgehead atoms. The largest absolute Gasteiger partial charge is 0.351 e. The highest BCUT2D eigenvalue weighted by Crippen LogP contribution is 1.84. The summed E-state index contributed by atoms with van der Waals surface area (Å²) in [6.07, 6.45) is 0. The second-order valence-corrected chi connectivity index (χ2v) is 3.51. The van der Waals surface area contributed by atoms with E-state index >= 15 is 0 Å². The fourth-order valence-corrected chi connectivity index (χ4v) is 1.16. The number of likely N-dealkylation sites (N-methyl/N-ethyl adjacent to an activating group) is 2. The molecule has 0 saturated carbocycles. The lowest BCUT2D eigenvalue weighted by Gasteiger charge is -2.18. The predicted octanol–water partition coefficient (Wildman–Crippen LogP) is -0.338. The zero-order valence-electron chi connectivity index (χ0n) is 9.05. The van der Waals surface area contributed by atoms with Crippen molar-refractivity contribution in [1.82, 2.24) is 15.5 Å². The minimum absolute atomic E-state index is 0.0659. The quantitative estimate of drug-likeness (QED) is 0.598. The molecule has 0 saturated heterocycles. The lowest BCUT2D eigenvalue weighted by atomic mass is 10.3. The molecular formula is C9H21N3O. The molecule has 0 heterocycles. The Morgan fingerprint density at radius 3 is 2.54 bits per heavy atom. The molecule has 4 nitrogen and oxygen atoms in total. The third-order valence-electron chi connectivity index (χ3n) is 1.58. The summed E-state index contributed by atoms with van der Waals surface area (Å²) < 4.78 is 0. The maximum absolute atomic E-state index is 11.2. The Balaban J connectivity index is 3.53. The molecule has 78 valence electrons. The molecule has 1 amide bonds. The number of hydrogen-bond acceptors (Lipinski definition) is 3. The summed E-state index contributed by atoms with van der Waals surface area (Å²) in [4.78, 5) is 13.3. The van der Waals surface area contributed by atoms with Crippen molar-refractivity contribution in [3.63, 3.8) is 0 Å². The van der Waals surface area contributed by atoms with Crippen molar-refractivity contribution in [1.29, 1.82) is 0 Å². The Labute approximate surface area is 80.7 Å². The van der Waals surface area contributed by atoms with Crippen LogP contribution in [0.3, 0.4) is 0 Å². The van der Waals surface area contributed by atoms with Crippen molar-refractivity contribution in [2.45, 2.75) is 19.9 Å². The first-order valence-corrected chi connectivity index (χ1v) is 4.71. The summed E-state index contributed by atoms with van der Waals surface area (Å²) in [7, 11) is 3.99. The molecule has 0 aromatic rings. The van der Waals surface area contributed by atoms with Crippen LogP contribution in [0.25, 0.3) is 0 Å². The van der Waals surface area contributed by atoms with Gasteiger partial charge < -0.3 is 15.5 Å².